The zero-order chi connectivity index (χ0) is 19.0. The average Bonchev–Trinajstić information content (AvgIpc) is 2.53. The first kappa shape index (κ1) is 20.4. The molecule has 0 saturated heterocycles. The van der Waals surface area contributed by atoms with Crippen molar-refractivity contribution in [2.45, 2.75) is 33.2 Å². The number of nitrogens with one attached hydrogen (secondary N) is 2. The van der Waals surface area contributed by atoms with Crippen LogP contribution in [0.5, 0.6) is 5.75 Å². The lowest BCUT2D eigenvalue weighted by Crippen LogP contribution is -2.45. The fourth-order valence-corrected chi connectivity index (χ4v) is 2.36. The van der Waals surface area contributed by atoms with E-state index in [1.54, 1.807) is 30.0 Å². The van der Waals surface area contributed by atoms with Gasteiger partial charge in [0.05, 0.1) is 25.4 Å². The van der Waals surface area contributed by atoms with Gasteiger partial charge in [0.25, 0.3) is 0 Å². The van der Waals surface area contributed by atoms with Crippen molar-refractivity contribution in [3.63, 3.8) is 0 Å². The van der Waals surface area contributed by atoms with Crippen LogP contribution in [-0.4, -0.2) is 54.0 Å². The van der Waals surface area contributed by atoms with Gasteiger partial charge in [0.2, 0.25) is 11.8 Å². The third kappa shape index (κ3) is 6.42. The number of hydrogen-bond acceptors (Lipinski definition) is 5. The molecule has 138 valence electrons. The highest BCUT2D eigenvalue weighted by Crippen LogP contribution is 2.28. The van der Waals surface area contributed by atoms with Crippen molar-refractivity contribution in [1.29, 1.82) is 0 Å². The SMILES string of the molecule is CCCN(CC(=O)O)C(C)C(=O)Nc1cc(NC(C)=O)ccc1OC. The maximum Gasteiger partial charge on any atom is 0.317 e. The molecule has 0 heterocycles. The molecule has 0 saturated carbocycles. The third-order valence-corrected chi connectivity index (χ3v) is 3.55. The number of aliphatic carboxylic acids is 1. The number of hydrogen-bond donors (Lipinski definition) is 3. The summed E-state index contributed by atoms with van der Waals surface area (Å²) >= 11 is 0. The Morgan fingerprint density at radius 3 is 2.48 bits per heavy atom. The molecule has 1 unspecified atom stereocenters. The van der Waals surface area contributed by atoms with Crippen molar-refractivity contribution in [1.82, 2.24) is 4.90 Å². The number of carbonyl (C=O) groups excluding carboxylic acids is 2. The van der Waals surface area contributed by atoms with Crippen LogP contribution in [0, 0.1) is 0 Å². The summed E-state index contributed by atoms with van der Waals surface area (Å²) in [6.45, 7) is 5.23. The molecule has 0 spiro atoms. The van der Waals surface area contributed by atoms with Gasteiger partial charge in [0.15, 0.2) is 0 Å². The van der Waals surface area contributed by atoms with Gasteiger partial charge in [-0.25, -0.2) is 0 Å². The second kappa shape index (κ2) is 9.63. The number of benzene rings is 1. The minimum Gasteiger partial charge on any atom is -0.495 e. The van der Waals surface area contributed by atoms with Gasteiger partial charge in [-0.15, -0.1) is 0 Å². The average molecular weight is 351 g/mol. The molecule has 1 atom stereocenters. The summed E-state index contributed by atoms with van der Waals surface area (Å²) in [5.74, 6) is -1.13. The summed E-state index contributed by atoms with van der Waals surface area (Å²) in [6.07, 6.45) is 0.728. The van der Waals surface area contributed by atoms with Crippen LogP contribution in [0.2, 0.25) is 0 Å². The predicted molar refractivity (Wildman–Crippen MR) is 94.9 cm³/mol. The Bertz CT molecular complexity index is 633. The van der Waals surface area contributed by atoms with Gasteiger partial charge >= 0.3 is 5.97 Å². The Morgan fingerprint density at radius 1 is 1.28 bits per heavy atom. The topological polar surface area (TPSA) is 108 Å². The largest absolute Gasteiger partial charge is 0.495 e. The molecule has 1 rings (SSSR count). The molecule has 8 heteroatoms. The van der Waals surface area contributed by atoms with Gasteiger partial charge in [0.1, 0.15) is 5.75 Å². The highest BCUT2D eigenvalue weighted by Gasteiger charge is 2.23. The first-order valence-corrected chi connectivity index (χ1v) is 8.00. The van der Waals surface area contributed by atoms with E-state index >= 15 is 0 Å². The summed E-state index contributed by atoms with van der Waals surface area (Å²) < 4.78 is 5.22. The van der Waals surface area contributed by atoms with E-state index in [-0.39, 0.29) is 18.4 Å². The first-order valence-electron chi connectivity index (χ1n) is 8.00. The van der Waals surface area contributed by atoms with Crippen LogP contribution in [0.3, 0.4) is 0 Å². The molecule has 0 radical (unpaired) electrons. The highest BCUT2D eigenvalue weighted by atomic mass is 16.5. The zero-order valence-electron chi connectivity index (χ0n) is 15.0. The summed E-state index contributed by atoms with van der Waals surface area (Å²) in [5.41, 5.74) is 0.921. The van der Waals surface area contributed by atoms with Crippen LogP contribution in [0.25, 0.3) is 0 Å². The van der Waals surface area contributed by atoms with Crippen LogP contribution >= 0.6 is 0 Å². The molecule has 0 aliphatic rings. The van der Waals surface area contributed by atoms with E-state index < -0.39 is 12.0 Å². The van der Waals surface area contributed by atoms with Crippen LogP contribution in [0.15, 0.2) is 18.2 Å². The van der Waals surface area contributed by atoms with Crippen molar-refractivity contribution in [2.75, 3.05) is 30.8 Å². The molecule has 0 aromatic heterocycles. The molecule has 2 amide bonds. The molecule has 1 aromatic rings. The van der Waals surface area contributed by atoms with Crippen molar-refractivity contribution in [3.8, 4) is 5.75 Å². The number of rotatable bonds is 9. The van der Waals surface area contributed by atoms with Gasteiger partial charge in [-0.3, -0.25) is 19.3 Å². The molecule has 0 aliphatic carbocycles. The van der Waals surface area contributed by atoms with E-state index in [2.05, 4.69) is 10.6 Å². The Labute approximate surface area is 147 Å². The maximum absolute atomic E-state index is 12.5. The van der Waals surface area contributed by atoms with E-state index in [9.17, 15) is 14.4 Å². The number of methoxy groups -OCH3 is 1. The number of amides is 2. The second-order valence-corrected chi connectivity index (χ2v) is 5.63. The van der Waals surface area contributed by atoms with Gasteiger partial charge in [0, 0.05) is 12.6 Å². The molecule has 1 aromatic carbocycles. The van der Waals surface area contributed by atoms with Gasteiger partial charge in [-0.1, -0.05) is 6.92 Å². The predicted octanol–water partition coefficient (Wildman–Crippen LogP) is 1.78. The van der Waals surface area contributed by atoms with Crippen molar-refractivity contribution < 1.29 is 24.2 Å². The zero-order valence-corrected chi connectivity index (χ0v) is 15.0. The number of carboxylic acid groups (broad SMARTS) is 1. The van der Waals surface area contributed by atoms with Crippen LogP contribution in [0.4, 0.5) is 11.4 Å². The molecule has 8 nitrogen and oxygen atoms in total. The normalized spacial score (nSPS) is 11.7. The van der Waals surface area contributed by atoms with Crippen LogP contribution in [0.1, 0.15) is 27.2 Å². The van der Waals surface area contributed by atoms with Gasteiger partial charge < -0.3 is 20.5 Å². The Hall–Kier alpha value is -2.61. The van der Waals surface area contributed by atoms with E-state index in [4.69, 9.17) is 9.84 Å². The van der Waals surface area contributed by atoms with Crippen molar-refractivity contribution in [2.24, 2.45) is 0 Å². The Balaban J connectivity index is 2.95. The standard InChI is InChI=1S/C17H25N3O5/c1-5-8-20(10-16(22)23)11(2)17(24)19-14-9-13(18-12(3)21)6-7-15(14)25-4/h6-7,9,11H,5,8,10H2,1-4H3,(H,18,21)(H,19,24)(H,22,23). The van der Waals surface area contributed by atoms with Gasteiger partial charge in [-0.2, -0.15) is 0 Å². The molecule has 25 heavy (non-hydrogen) atoms. The summed E-state index contributed by atoms with van der Waals surface area (Å²) in [5, 5.41) is 14.4. The van der Waals surface area contributed by atoms with Crippen LogP contribution in [-0.2, 0) is 14.4 Å². The molecular weight excluding hydrogens is 326 g/mol. The smallest absolute Gasteiger partial charge is 0.317 e. The summed E-state index contributed by atoms with van der Waals surface area (Å²) in [7, 11) is 1.47. The van der Waals surface area contributed by atoms with E-state index in [0.29, 0.717) is 23.7 Å². The first-order chi connectivity index (χ1) is 11.8. The maximum atomic E-state index is 12.5. The van der Waals surface area contributed by atoms with Crippen LogP contribution < -0.4 is 15.4 Å². The van der Waals surface area contributed by atoms with Crippen molar-refractivity contribution in [3.05, 3.63) is 18.2 Å². The quantitative estimate of drug-likeness (QED) is 0.626. The molecule has 3 N–H and O–H groups in total. The van der Waals surface area contributed by atoms with E-state index in [1.165, 1.54) is 14.0 Å². The Morgan fingerprint density at radius 2 is 1.96 bits per heavy atom. The second-order valence-electron chi connectivity index (χ2n) is 5.63. The van der Waals surface area contributed by atoms with Gasteiger partial charge in [-0.05, 0) is 38.1 Å². The number of ether oxygens (including phenoxy) is 1. The fraction of sp³-hybridized carbons (Fsp3) is 0.471. The number of carbonyl (C=O) groups is 3. The summed E-state index contributed by atoms with van der Waals surface area (Å²) in [4.78, 5) is 36.3. The molecular formula is C17H25N3O5. The lowest BCUT2D eigenvalue weighted by atomic mass is 10.2. The lowest BCUT2D eigenvalue weighted by Gasteiger charge is -2.26. The van der Waals surface area contributed by atoms with E-state index in [1.807, 2.05) is 6.92 Å². The third-order valence-electron chi connectivity index (χ3n) is 3.55. The fourth-order valence-electron chi connectivity index (χ4n) is 2.36. The number of carboxylic acids is 1. The lowest BCUT2D eigenvalue weighted by molar-refractivity contribution is -0.139. The molecule has 0 bridgehead atoms. The number of anilines is 2. The number of nitrogens with zero attached hydrogens (tertiary/aromatic N) is 1. The monoisotopic (exact) mass is 351 g/mol. The molecule has 0 aliphatic heterocycles. The minimum absolute atomic E-state index is 0.217. The molecule has 0 fully saturated rings. The minimum atomic E-state index is -0.988. The van der Waals surface area contributed by atoms with E-state index in [0.717, 1.165) is 6.42 Å². The Kier molecular flexibility index (Phi) is 7.87. The highest BCUT2D eigenvalue weighted by molar-refractivity contribution is 5.97. The van der Waals surface area contributed by atoms with Crippen molar-refractivity contribution >= 4 is 29.2 Å². The summed E-state index contributed by atoms with van der Waals surface area (Å²) in [6, 6.07) is 4.25.